The van der Waals surface area contributed by atoms with Gasteiger partial charge in [-0.1, -0.05) is 50.6 Å². The van der Waals surface area contributed by atoms with Crippen LogP contribution in [0.3, 0.4) is 0 Å². The van der Waals surface area contributed by atoms with Crippen molar-refractivity contribution in [1.29, 1.82) is 0 Å². The summed E-state index contributed by atoms with van der Waals surface area (Å²) >= 11 is 0. The van der Waals surface area contributed by atoms with Gasteiger partial charge in [0.05, 0.1) is 6.10 Å². The quantitative estimate of drug-likeness (QED) is 0.672. The van der Waals surface area contributed by atoms with Crippen LogP contribution >= 0.6 is 0 Å². The molecule has 0 aliphatic heterocycles. The monoisotopic (exact) mass is 180 g/mol. The third-order valence-corrected chi connectivity index (χ3v) is 1.62. The lowest BCUT2D eigenvalue weighted by atomic mass is 10.1. The highest BCUT2D eigenvalue weighted by Crippen LogP contribution is 2.13. The molecule has 0 saturated heterocycles. The minimum Gasteiger partial charge on any atom is -0.377 e. The number of ether oxygens (including phenoxy) is 1. The maximum absolute atomic E-state index is 5.14. The van der Waals surface area contributed by atoms with Crippen molar-refractivity contribution in [3.63, 3.8) is 0 Å². The van der Waals surface area contributed by atoms with E-state index >= 15 is 0 Å². The maximum Gasteiger partial charge on any atom is 0.0793 e. The predicted molar refractivity (Wildman–Crippen MR) is 57.8 cm³/mol. The Bertz CT molecular complexity index is 194. The number of methoxy groups -OCH3 is 1. The first-order chi connectivity index (χ1) is 6.26. The fourth-order valence-electron chi connectivity index (χ4n) is 0.860. The molecule has 13 heavy (non-hydrogen) atoms. The van der Waals surface area contributed by atoms with E-state index in [0.29, 0.717) is 0 Å². The van der Waals surface area contributed by atoms with Gasteiger partial charge in [-0.3, -0.25) is 0 Å². The molecule has 1 nitrogen and oxygen atoms in total. The molecule has 0 spiro atoms. The average molecular weight is 180 g/mol. The van der Waals surface area contributed by atoms with E-state index in [1.807, 2.05) is 25.1 Å². The van der Waals surface area contributed by atoms with E-state index in [1.54, 1.807) is 7.11 Å². The Balaban J connectivity index is 0.000000424. The van der Waals surface area contributed by atoms with E-state index in [1.165, 1.54) is 12.0 Å². The molecule has 0 N–H and O–H groups in total. The lowest BCUT2D eigenvalue weighted by Gasteiger charge is -2.07. The molecule has 0 saturated carbocycles. The van der Waals surface area contributed by atoms with Crippen molar-refractivity contribution < 1.29 is 4.74 Å². The third kappa shape index (κ3) is 5.42. The summed E-state index contributed by atoms with van der Waals surface area (Å²) in [7, 11) is 1.72. The van der Waals surface area contributed by atoms with Gasteiger partial charge in [0.2, 0.25) is 0 Å². The summed E-state index contributed by atoms with van der Waals surface area (Å²) in [5.74, 6) is 0. The van der Waals surface area contributed by atoms with E-state index in [9.17, 15) is 0 Å². The van der Waals surface area contributed by atoms with Crippen molar-refractivity contribution in [2.75, 3.05) is 7.11 Å². The van der Waals surface area contributed by atoms with Crippen molar-refractivity contribution in [2.24, 2.45) is 0 Å². The van der Waals surface area contributed by atoms with E-state index in [2.05, 4.69) is 26.0 Å². The molecule has 0 bridgehead atoms. The maximum atomic E-state index is 5.14. The van der Waals surface area contributed by atoms with Crippen LogP contribution in [0, 0.1) is 0 Å². The zero-order valence-electron chi connectivity index (χ0n) is 9.08. The zero-order chi connectivity index (χ0) is 10.1. The fourth-order valence-corrected chi connectivity index (χ4v) is 0.860. The SMILES string of the molecule is CCC.COC(C)c1ccccc1. The second-order valence-electron chi connectivity index (χ2n) is 3.00. The minimum atomic E-state index is 0.209. The Hall–Kier alpha value is -0.820. The van der Waals surface area contributed by atoms with Gasteiger partial charge in [-0.05, 0) is 12.5 Å². The molecule has 1 aromatic carbocycles. The second-order valence-corrected chi connectivity index (χ2v) is 3.00. The minimum absolute atomic E-state index is 0.209. The van der Waals surface area contributed by atoms with Crippen LogP contribution < -0.4 is 0 Å². The van der Waals surface area contributed by atoms with Crippen LogP contribution in [-0.2, 0) is 4.74 Å². The third-order valence-electron chi connectivity index (χ3n) is 1.62. The Labute approximate surface area is 81.7 Å². The number of benzene rings is 1. The van der Waals surface area contributed by atoms with Gasteiger partial charge in [0.15, 0.2) is 0 Å². The van der Waals surface area contributed by atoms with Gasteiger partial charge in [0.25, 0.3) is 0 Å². The van der Waals surface area contributed by atoms with Crippen LogP contribution in [0.15, 0.2) is 30.3 Å². The summed E-state index contributed by atoms with van der Waals surface area (Å²) in [5.41, 5.74) is 1.23. The van der Waals surface area contributed by atoms with E-state index < -0.39 is 0 Å². The van der Waals surface area contributed by atoms with E-state index in [4.69, 9.17) is 4.74 Å². The molecule has 1 unspecified atom stereocenters. The summed E-state index contributed by atoms with van der Waals surface area (Å²) in [6, 6.07) is 10.2. The van der Waals surface area contributed by atoms with Gasteiger partial charge in [-0.2, -0.15) is 0 Å². The molecular formula is C12H20O. The first-order valence-corrected chi connectivity index (χ1v) is 4.83. The second kappa shape index (κ2) is 7.81. The predicted octanol–water partition coefficient (Wildman–Crippen LogP) is 3.81. The molecule has 0 radical (unpaired) electrons. The Morgan fingerprint density at radius 3 is 2.00 bits per heavy atom. The normalized spacial score (nSPS) is 11.4. The van der Waals surface area contributed by atoms with Gasteiger partial charge in [0, 0.05) is 7.11 Å². The number of hydrogen-bond acceptors (Lipinski definition) is 1. The van der Waals surface area contributed by atoms with Crippen molar-refractivity contribution in [3.8, 4) is 0 Å². The van der Waals surface area contributed by atoms with Gasteiger partial charge in [-0.15, -0.1) is 0 Å². The smallest absolute Gasteiger partial charge is 0.0793 e. The Morgan fingerprint density at radius 2 is 1.62 bits per heavy atom. The number of hydrogen-bond donors (Lipinski definition) is 0. The van der Waals surface area contributed by atoms with Crippen LogP contribution in [0.5, 0.6) is 0 Å². The van der Waals surface area contributed by atoms with Crippen molar-refractivity contribution in [2.45, 2.75) is 33.3 Å². The summed E-state index contributed by atoms with van der Waals surface area (Å²) in [4.78, 5) is 0. The lowest BCUT2D eigenvalue weighted by molar-refractivity contribution is 0.119. The standard InChI is InChI=1S/C9H12O.C3H8/c1-8(10-2)9-6-4-3-5-7-9;1-3-2/h3-8H,1-2H3;3H2,1-2H3. The molecule has 1 heteroatoms. The van der Waals surface area contributed by atoms with Gasteiger partial charge in [-0.25, -0.2) is 0 Å². The molecule has 0 fully saturated rings. The van der Waals surface area contributed by atoms with Crippen molar-refractivity contribution in [3.05, 3.63) is 35.9 Å². The molecule has 74 valence electrons. The van der Waals surface area contributed by atoms with Crippen LogP contribution in [0.4, 0.5) is 0 Å². The molecule has 0 heterocycles. The summed E-state index contributed by atoms with van der Waals surface area (Å²) in [5, 5.41) is 0. The van der Waals surface area contributed by atoms with Gasteiger partial charge in [0.1, 0.15) is 0 Å². The van der Waals surface area contributed by atoms with Crippen LogP contribution in [0.2, 0.25) is 0 Å². The highest BCUT2D eigenvalue weighted by Gasteiger charge is 1.99. The number of rotatable bonds is 2. The highest BCUT2D eigenvalue weighted by atomic mass is 16.5. The van der Waals surface area contributed by atoms with E-state index in [0.717, 1.165) is 0 Å². The molecular weight excluding hydrogens is 160 g/mol. The Kier molecular flexibility index (Phi) is 7.32. The summed E-state index contributed by atoms with van der Waals surface area (Å²) in [6.45, 7) is 6.29. The largest absolute Gasteiger partial charge is 0.377 e. The van der Waals surface area contributed by atoms with Gasteiger partial charge >= 0.3 is 0 Å². The van der Waals surface area contributed by atoms with Crippen molar-refractivity contribution >= 4 is 0 Å². The zero-order valence-corrected chi connectivity index (χ0v) is 9.08. The molecule has 0 aromatic heterocycles. The fraction of sp³-hybridized carbons (Fsp3) is 0.500. The molecule has 0 amide bonds. The first kappa shape index (κ1) is 12.2. The van der Waals surface area contributed by atoms with Gasteiger partial charge < -0.3 is 4.74 Å². The first-order valence-electron chi connectivity index (χ1n) is 4.83. The summed E-state index contributed by atoms with van der Waals surface area (Å²) < 4.78 is 5.14. The molecule has 0 aliphatic rings. The van der Waals surface area contributed by atoms with Crippen LogP contribution in [0.1, 0.15) is 38.9 Å². The molecule has 0 aliphatic carbocycles. The van der Waals surface area contributed by atoms with E-state index in [-0.39, 0.29) is 6.10 Å². The molecule has 1 rings (SSSR count). The summed E-state index contributed by atoms with van der Waals surface area (Å²) in [6.07, 6.45) is 1.46. The molecule has 1 atom stereocenters. The lowest BCUT2D eigenvalue weighted by Crippen LogP contribution is -1.93. The van der Waals surface area contributed by atoms with Crippen molar-refractivity contribution in [1.82, 2.24) is 0 Å². The molecule has 1 aromatic rings. The van der Waals surface area contributed by atoms with Crippen LogP contribution in [0.25, 0.3) is 0 Å². The Morgan fingerprint density at radius 1 is 1.15 bits per heavy atom. The topological polar surface area (TPSA) is 9.23 Å². The average Bonchev–Trinajstić information content (AvgIpc) is 2.19. The van der Waals surface area contributed by atoms with Crippen LogP contribution in [-0.4, -0.2) is 7.11 Å². The highest BCUT2D eigenvalue weighted by molar-refractivity contribution is 5.16.